The average molecular weight is 430 g/mol. The van der Waals surface area contributed by atoms with Crippen molar-refractivity contribution in [1.82, 2.24) is 15.3 Å². The van der Waals surface area contributed by atoms with Crippen molar-refractivity contribution in [1.29, 1.82) is 0 Å². The molecule has 0 aliphatic heterocycles. The van der Waals surface area contributed by atoms with Crippen LogP contribution in [0.4, 0.5) is 17.6 Å². The summed E-state index contributed by atoms with van der Waals surface area (Å²) in [6, 6.07) is 8.03. The van der Waals surface area contributed by atoms with Gasteiger partial charge in [-0.25, -0.2) is 9.37 Å². The van der Waals surface area contributed by atoms with Crippen molar-refractivity contribution < 1.29 is 27.5 Å². The van der Waals surface area contributed by atoms with Gasteiger partial charge in [0, 0.05) is 5.56 Å². The molecule has 0 bridgehead atoms. The molecule has 0 saturated carbocycles. The summed E-state index contributed by atoms with van der Waals surface area (Å²) in [4.78, 5) is 30.6. The van der Waals surface area contributed by atoms with Gasteiger partial charge in [-0.2, -0.15) is 13.2 Å². The molecular formula is C18H12ClF4N3O3. The Morgan fingerprint density at radius 2 is 1.90 bits per heavy atom. The summed E-state index contributed by atoms with van der Waals surface area (Å²) in [7, 11) is 0. The van der Waals surface area contributed by atoms with E-state index in [1.165, 1.54) is 12.1 Å². The van der Waals surface area contributed by atoms with E-state index in [4.69, 9.17) is 11.6 Å². The molecule has 11 heteroatoms. The predicted molar refractivity (Wildman–Crippen MR) is 95.6 cm³/mol. The minimum atomic E-state index is -5.47. The van der Waals surface area contributed by atoms with Crippen molar-refractivity contribution in [3.63, 3.8) is 0 Å². The van der Waals surface area contributed by atoms with Crippen LogP contribution in [-0.4, -0.2) is 27.2 Å². The summed E-state index contributed by atoms with van der Waals surface area (Å²) < 4.78 is 54.2. The molecule has 3 N–H and O–H groups in total. The van der Waals surface area contributed by atoms with Gasteiger partial charge in [0.05, 0.1) is 22.5 Å². The first kappa shape index (κ1) is 20.7. The Hall–Kier alpha value is -2.98. The molecule has 3 rings (SSSR count). The van der Waals surface area contributed by atoms with Crippen LogP contribution in [0.5, 0.6) is 0 Å². The van der Waals surface area contributed by atoms with Crippen LogP contribution >= 0.6 is 11.6 Å². The SMILES string of the molecule is O=C(NCc1nc2ccccc2c(=O)[nH]1)[C@@](O)(c1ccc(Cl)c(F)c1)C(F)(F)F. The minimum absolute atomic E-state index is 0.131. The molecule has 0 saturated heterocycles. The maximum Gasteiger partial charge on any atom is 0.430 e. The fraction of sp³-hybridized carbons (Fsp3) is 0.167. The third-order valence-corrected chi connectivity index (χ3v) is 4.46. The van der Waals surface area contributed by atoms with Gasteiger partial charge in [0.25, 0.3) is 17.1 Å². The fourth-order valence-corrected chi connectivity index (χ4v) is 2.77. The number of H-pyrrole nitrogens is 1. The molecule has 1 atom stereocenters. The number of para-hydroxylation sites is 1. The standard InChI is InChI=1S/C18H12ClF4N3O3/c19-11-6-5-9(7-12(11)20)17(29,18(21,22)23)16(28)24-8-14-25-13-4-2-1-3-10(13)15(27)26-14/h1-7,29H,8H2,(H,24,28)(H,25,26,27)/t17-/m0/s1. The lowest BCUT2D eigenvalue weighted by molar-refractivity contribution is -0.257. The van der Waals surface area contributed by atoms with E-state index in [1.54, 1.807) is 12.1 Å². The number of rotatable bonds is 4. The number of amides is 1. The second-order valence-electron chi connectivity index (χ2n) is 6.05. The molecule has 1 aromatic heterocycles. The summed E-state index contributed by atoms with van der Waals surface area (Å²) in [5.74, 6) is -3.24. The predicted octanol–water partition coefficient (Wildman–Crippen LogP) is 2.78. The van der Waals surface area contributed by atoms with E-state index in [0.29, 0.717) is 12.1 Å². The van der Waals surface area contributed by atoms with Gasteiger partial charge in [-0.3, -0.25) is 9.59 Å². The molecule has 0 spiro atoms. The number of fused-ring (bicyclic) bond motifs is 1. The number of hydrogen-bond donors (Lipinski definition) is 3. The van der Waals surface area contributed by atoms with Crippen molar-refractivity contribution in [2.45, 2.75) is 18.3 Å². The maximum absolute atomic E-state index is 13.6. The molecular weight excluding hydrogens is 418 g/mol. The van der Waals surface area contributed by atoms with E-state index in [9.17, 15) is 32.3 Å². The quantitative estimate of drug-likeness (QED) is 0.556. The number of halogens is 5. The smallest absolute Gasteiger partial charge is 0.369 e. The van der Waals surface area contributed by atoms with E-state index in [1.807, 2.05) is 5.32 Å². The first-order chi connectivity index (χ1) is 13.5. The van der Waals surface area contributed by atoms with Gasteiger partial charge in [-0.05, 0) is 24.3 Å². The van der Waals surface area contributed by atoms with Crippen LogP contribution < -0.4 is 10.9 Å². The van der Waals surface area contributed by atoms with E-state index >= 15 is 0 Å². The summed E-state index contributed by atoms with van der Waals surface area (Å²) in [6.07, 6.45) is -5.47. The minimum Gasteiger partial charge on any atom is -0.369 e. The van der Waals surface area contributed by atoms with Crippen LogP contribution in [-0.2, 0) is 16.9 Å². The Labute approximate surface area is 165 Å². The first-order valence-electron chi connectivity index (χ1n) is 8.05. The number of nitrogens with zero attached hydrogens (tertiary/aromatic N) is 1. The number of hydrogen-bond acceptors (Lipinski definition) is 4. The van der Waals surface area contributed by atoms with Crippen molar-refractivity contribution in [3.8, 4) is 0 Å². The maximum atomic E-state index is 13.6. The number of alkyl halides is 3. The van der Waals surface area contributed by atoms with Gasteiger partial charge in [0.1, 0.15) is 11.6 Å². The van der Waals surface area contributed by atoms with Crippen LogP contribution in [0.3, 0.4) is 0 Å². The number of aliphatic hydroxyl groups is 1. The highest BCUT2D eigenvalue weighted by atomic mass is 35.5. The van der Waals surface area contributed by atoms with Crippen LogP contribution in [0.15, 0.2) is 47.3 Å². The highest BCUT2D eigenvalue weighted by Gasteiger charge is 2.61. The normalized spacial score (nSPS) is 13.9. The second-order valence-corrected chi connectivity index (χ2v) is 6.46. The van der Waals surface area contributed by atoms with Crippen molar-refractivity contribution >= 4 is 28.4 Å². The Balaban J connectivity index is 1.92. The molecule has 1 amide bonds. The Morgan fingerprint density at radius 1 is 1.21 bits per heavy atom. The van der Waals surface area contributed by atoms with Gasteiger partial charge in [0.15, 0.2) is 0 Å². The molecule has 152 valence electrons. The monoisotopic (exact) mass is 429 g/mol. The van der Waals surface area contributed by atoms with E-state index in [-0.39, 0.29) is 16.7 Å². The Bertz CT molecular complexity index is 1150. The molecule has 0 aliphatic carbocycles. The van der Waals surface area contributed by atoms with E-state index in [0.717, 1.165) is 6.07 Å². The molecule has 0 unspecified atom stereocenters. The third-order valence-electron chi connectivity index (χ3n) is 4.15. The van der Waals surface area contributed by atoms with Crippen molar-refractivity contribution in [2.24, 2.45) is 0 Å². The van der Waals surface area contributed by atoms with Gasteiger partial charge in [-0.15, -0.1) is 0 Å². The molecule has 0 aliphatic rings. The third kappa shape index (κ3) is 3.81. The zero-order valence-corrected chi connectivity index (χ0v) is 15.1. The average Bonchev–Trinajstić information content (AvgIpc) is 2.66. The summed E-state index contributed by atoms with van der Waals surface area (Å²) >= 11 is 5.45. The van der Waals surface area contributed by atoms with Gasteiger partial charge in [0.2, 0.25) is 0 Å². The molecule has 0 radical (unpaired) electrons. The Morgan fingerprint density at radius 3 is 2.55 bits per heavy atom. The van der Waals surface area contributed by atoms with E-state index in [2.05, 4.69) is 9.97 Å². The van der Waals surface area contributed by atoms with Crippen LogP contribution in [0.2, 0.25) is 5.02 Å². The molecule has 3 aromatic rings. The second kappa shape index (κ2) is 7.45. The first-order valence-corrected chi connectivity index (χ1v) is 8.42. The van der Waals surface area contributed by atoms with Crippen LogP contribution in [0, 0.1) is 5.82 Å². The number of benzene rings is 2. The molecule has 29 heavy (non-hydrogen) atoms. The number of carbonyl (C=O) groups is 1. The van der Waals surface area contributed by atoms with Gasteiger partial charge in [-0.1, -0.05) is 29.8 Å². The molecule has 1 heterocycles. The lowest BCUT2D eigenvalue weighted by atomic mass is 9.92. The number of aromatic nitrogens is 2. The van der Waals surface area contributed by atoms with Crippen LogP contribution in [0.25, 0.3) is 10.9 Å². The van der Waals surface area contributed by atoms with Crippen molar-refractivity contribution in [3.05, 3.63) is 75.0 Å². The lowest BCUT2D eigenvalue weighted by Crippen LogP contribution is -2.54. The topological polar surface area (TPSA) is 95.1 Å². The Kier molecular flexibility index (Phi) is 5.33. The highest BCUT2D eigenvalue weighted by Crippen LogP contribution is 2.40. The van der Waals surface area contributed by atoms with E-state index < -0.39 is 46.2 Å². The zero-order chi connectivity index (χ0) is 21.4. The highest BCUT2D eigenvalue weighted by molar-refractivity contribution is 6.30. The largest absolute Gasteiger partial charge is 0.430 e. The fourth-order valence-electron chi connectivity index (χ4n) is 2.66. The van der Waals surface area contributed by atoms with Gasteiger partial charge < -0.3 is 15.4 Å². The molecule has 0 fully saturated rings. The summed E-state index contributed by atoms with van der Waals surface area (Å²) in [6.45, 7) is -0.618. The van der Waals surface area contributed by atoms with Crippen molar-refractivity contribution in [2.75, 3.05) is 0 Å². The lowest BCUT2D eigenvalue weighted by Gasteiger charge is -2.29. The number of carbonyl (C=O) groups excluding carboxylic acids is 1. The summed E-state index contributed by atoms with van der Waals surface area (Å²) in [5, 5.41) is 11.8. The summed E-state index contributed by atoms with van der Waals surface area (Å²) in [5.41, 5.74) is -5.38. The molecule has 2 aromatic carbocycles. The zero-order valence-electron chi connectivity index (χ0n) is 14.3. The number of aromatic amines is 1. The van der Waals surface area contributed by atoms with Crippen LogP contribution in [0.1, 0.15) is 11.4 Å². The molecule has 6 nitrogen and oxygen atoms in total. The van der Waals surface area contributed by atoms with Gasteiger partial charge >= 0.3 is 6.18 Å². The number of nitrogens with one attached hydrogen (secondary N) is 2.